The Morgan fingerprint density at radius 2 is 2.22 bits per heavy atom. The van der Waals surface area contributed by atoms with Gasteiger partial charge >= 0.3 is 5.97 Å². The van der Waals surface area contributed by atoms with Crippen molar-refractivity contribution < 1.29 is 14.6 Å². The number of carbonyl (C=O) groups is 1. The molecule has 0 radical (unpaired) electrons. The molecule has 1 aliphatic heterocycles. The van der Waals surface area contributed by atoms with Crippen LogP contribution in [0.1, 0.15) is 34.3 Å². The fraction of sp³-hybridized carbons (Fsp3) is 0.615. The Labute approximate surface area is 111 Å². The van der Waals surface area contributed by atoms with Crippen LogP contribution < -0.4 is 4.74 Å². The second-order valence-electron chi connectivity index (χ2n) is 4.46. The highest BCUT2D eigenvalue weighted by molar-refractivity contribution is 7.14. The minimum absolute atomic E-state index is 0.327. The van der Waals surface area contributed by atoms with Gasteiger partial charge in [-0.3, -0.25) is 4.90 Å². The van der Waals surface area contributed by atoms with E-state index in [1.165, 1.54) is 24.2 Å². The Balaban J connectivity index is 1.90. The second-order valence-corrected chi connectivity index (χ2v) is 5.60. The van der Waals surface area contributed by atoms with E-state index in [1.807, 2.05) is 13.0 Å². The number of aromatic carboxylic acids is 1. The lowest BCUT2D eigenvalue weighted by atomic mass is 10.3. The molecule has 1 aromatic heterocycles. The Hall–Kier alpha value is -1.07. The molecule has 5 heteroatoms. The summed E-state index contributed by atoms with van der Waals surface area (Å²) < 4.78 is 5.63. The van der Waals surface area contributed by atoms with Gasteiger partial charge in [0.25, 0.3) is 0 Å². The number of nitrogens with zero attached hydrogens (tertiary/aromatic N) is 1. The Kier molecular flexibility index (Phi) is 4.60. The summed E-state index contributed by atoms with van der Waals surface area (Å²) in [7, 11) is 0. The average Bonchev–Trinajstić information content (AvgIpc) is 2.97. The highest BCUT2D eigenvalue weighted by atomic mass is 32.1. The molecule has 0 saturated carbocycles. The molecule has 1 aliphatic rings. The lowest BCUT2D eigenvalue weighted by Crippen LogP contribution is -2.25. The van der Waals surface area contributed by atoms with Crippen LogP contribution in [0.4, 0.5) is 0 Å². The van der Waals surface area contributed by atoms with Crippen molar-refractivity contribution >= 4 is 17.3 Å². The summed E-state index contributed by atoms with van der Waals surface area (Å²) in [6.45, 7) is 5.75. The van der Waals surface area contributed by atoms with E-state index in [-0.39, 0.29) is 0 Å². The zero-order valence-corrected chi connectivity index (χ0v) is 11.5. The van der Waals surface area contributed by atoms with Gasteiger partial charge in [0.1, 0.15) is 12.4 Å². The smallest absolute Gasteiger partial charge is 0.349 e. The number of carboxylic acids is 1. The minimum Gasteiger partial charge on any atom is -0.490 e. The monoisotopic (exact) mass is 269 g/mol. The van der Waals surface area contributed by atoms with E-state index in [9.17, 15) is 4.79 Å². The van der Waals surface area contributed by atoms with E-state index >= 15 is 0 Å². The molecule has 1 saturated heterocycles. The lowest BCUT2D eigenvalue weighted by molar-refractivity contribution is 0.0697. The topological polar surface area (TPSA) is 49.8 Å². The summed E-state index contributed by atoms with van der Waals surface area (Å²) >= 11 is 1.31. The average molecular weight is 269 g/mol. The van der Waals surface area contributed by atoms with Crippen molar-refractivity contribution in [3.8, 4) is 5.75 Å². The van der Waals surface area contributed by atoms with E-state index < -0.39 is 5.97 Å². The molecule has 18 heavy (non-hydrogen) atoms. The largest absolute Gasteiger partial charge is 0.490 e. The summed E-state index contributed by atoms with van der Waals surface area (Å²) in [6.07, 6.45) is 3.37. The fourth-order valence-corrected chi connectivity index (χ4v) is 3.02. The normalized spacial score (nSPS) is 16.1. The van der Waals surface area contributed by atoms with Crippen LogP contribution in [-0.2, 0) is 6.42 Å². The van der Waals surface area contributed by atoms with Gasteiger partial charge in [0.2, 0.25) is 0 Å². The third-order valence-electron chi connectivity index (χ3n) is 3.16. The summed E-state index contributed by atoms with van der Waals surface area (Å²) in [5.41, 5.74) is 0. The van der Waals surface area contributed by atoms with Gasteiger partial charge in [-0.1, -0.05) is 6.92 Å². The lowest BCUT2D eigenvalue weighted by Gasteiger charge is -2.14. The van der Waals surface area contributed by atoms with Crippen LogP contribution in [0.3, 0.4) is 0 Å². The predicted molar refractivity (Wildman–Crippen MR) is 71.8 cm³/mol. The number of aryl methyl sites for hydroxylation is 1. The first-order chi connectivity index (χ1) is 8.70. The molecule has 0 amide bonds. The maximum Gasteiger partial charge on any atom is 0.349 e. The number of thiophene rings is 1. The number of likely N-dealkylation sites (tertiary alicyclic amines) is 1. The first-order valence-electron chi connectivity index (χ1n) is 6.42. The van der Waals surface area contributed by atoms with Gasteiger partial charge in [0.15, 0.2) is 4.88 Å². The third kappa shape index (κ3) is 3.23. The maximum atomic E-state index is 11.1. The van der Waals surface area contributed by atoms with Gasteiger partial charge in [-0.25, -0.2) is 4.79 Å². The Bertz CT molecular complexity index is 410. The third-order valence-corrected chi connectivity index (χ3v) is 4.40. The van der Waals surface area contributed by atoms with E-state index in [2.05, 4.69) is 4.90 Å². The number of rotatable bonds is 6. The minimum atomic E-state index is -0.893. The van der Waals surface area contributed by atoms with Gasteiger partial charge < -0.3 is 9.84 Å². The van der Waals surface area contributed by atoms with E-state index in [4.69, 9.17) is 9.84 Å². The van der Waals surface area contributed by atoms with Gasteiger partial charge in [-0.05, 0) is 38.4 Å². The highest BCUT2D eigenvalue weighted by Crippen LogP contribution is 2.29. The van der Waals surface area contributed by atoms with E-state index in [0.29, 0.717) is 17.2 Å². The molecule has 0 bridgehead atoms. The number of ether oxygens (including phenoxy) is 1. The molecule has 0 spiro atoms. The van der Waals surface area contributed by atoms with Crippen LogP contribution in [0.25, 0.3) is 0 Å². The zero-order chi connectivity index (χ0) is 13.0. The Morgan fingerprint density at radius 3 is 2.83 bits per heavy atom. The molecule has 1 aromatic rings. The molecule has 0 aromatic carbocycles. The Morgan fingerprint density at radius 1 is 1.50 bits per heavy atom. The molecule has 2 heterocycles. The molecule has 0 atom stereocenters. The highest BCUT2D eigenvalue weighted by Gasteiger charge is 2.17. The van der Waals surface area contributed by atoms with Crippen molar-refractivity contribution in [1.82, 2.24) is 4.90 Å². The standard InChI is InChI=1S/C13H19NO3S/c1-2-10-9-11(12(18-10)13(15)16)17-8-7-14-5-3-4-6-14/h9H,2-8H2,1H3,(H,15,16). The molecule has 100 valence electrons. The molecular weight excluding hydrogens is 250 g/mol. The maximum absolute atomic E-state index is 11.1. The fourth-order valence-electron chi connectivity index (χ4n) is 2.14. The van der Waals surface area contributed by atoms with Crippen molar-refractivity contribution in [1.29, 1.82) is 0 Å². The van der Waals surface area contributed by atoms with Crippen molar-refractivity contribution in [3.05, 3.63) is 15.8 Å². The number of hydrogen-bond acceptors (Lipinski definition) is 4. The van der Waals surface area contributed by atoms with Crippen LogP contribution >= 0.6 is 11.3 Å². The first-order valence-corrected chi connectivity index (χ1v) is 7.23. The van der Waals surface area contributed by atoms with Crippen molar-refractivity contribution in [2.24, 2.45) is 0 Å². The zero-order valence-electron chi connectivity index (χ0n) is 10.6. The van der Waals surface area contributed by atoms with Gasteiger partial charge in [-0.2, -0.15) is 0 Å². The molecule has 1 fully saturated rings. The number of hydrogen-bond donors (Lipinski definition) is 1. The van der Waals surface area contributed by atoms with Gasteiger partial charge in [-0.15, -0.1) is 11.3 Å². The first kappa shape index (κ1) is 13.4. The van der Waals surface area contributed by atoms with Crippen molar-refractivity contribution in [3.63, 3.8) is 0 Å². The number of carboxylic acid groups (broad SMARTS) is 1. The molecule has 0 aliphatic carbocycles. The van der Waals surface area contributed by atoms with Crippen LogP contribution in [-0.4, -0.2) is 42.2 Å². The molecule has 1 N–H and O–H groups in total. The summed E-state index contributed by atoms with van der Waals surface area (Å²) in [4.78, 5) is 14.8. The summed E-state index contributed by atoms with van der Waals surface area (Å²) in [5, 5.41) is 9.11. The SMILES string of the molecule is CCc1cc(OCCN2CCCC2)c(C(=O)O)s1. The van der Waals surface area contributed by atoms with Gasteiger partial charge in [0.05, 0.1) is 0 Å². The van der Waals surface area contributed by atoms with Crippen molar-refractivity contribution in [2.75, 3.05) is 26.2 Å². The predicted octanol–water partition coefficient (Wildman–Crippen LogP) is 2.48. The summed E-state index contributed by atoms with van der Waals surface area (Å²) in [5.74, 6) is -0.362. The van der Waals surface area contributed by atoms with Crippen LogP contribution in [0.5, 0.6) is 5.75 Å². The summed E-state index contributed by atoms with van der Waals surface area (Å²) in [6, 6.07) is 1.86. The van der Waals surface area contributed by atoms with Crippen LogP contribution in [0.15, 0.2) is 6.07 Å². The van der Waals surface area contributed by atoms with Gasteiger partial charge in [0, 0.05) is 11.4 Å². The molecule has 0 unspecified atom stereocenters. The van der Waals surface area contributed by atoms with Crippen LogP contribution in [0, 0.1) is 0 Å². The van der Waals surface area contributed by atoms with E-state index in [0.717, 1.165) is 30.9 Å². The van der Waals surface area contributed by atoms with E-state index in [1.54, 1.807) is 0 Å². The molecule has 4 nitrogen and oxygen atoms in total. The quantitative estimate of drug-likeness (QED) is 0.862. The molecule has 2 rings (SSSR count). The van der Waals surface area contributed by atoms with Crippen LogP contribution in [0.2, 0.25) is 0 Å². The van der Waals surface area contributed by atoms with Crippen molar-refractivity contribution in [2.45, 2.75) is 26.2 Å². The molecular formula is C13H19NO3S. The second kappa shape index (κ2) is 6.20.